The third-order valence-corrected chi connectivity index (χ3v) is 2.82. The number of phenols is 1. The van der Waals surface area contributed by atoms with Crippen LogP contribution in [0.1, 0.15) is 11.1 Å². The Labute approximate surface area is 107 Å². The molecule has 0 saturated carbocycles. The van der Waals surface area contributed by atoms with E-state index in [0.717, 1.165) is 22.6 Å². The minimum absolute atomic E-state index is 0.276. The van der Waals surface area contributed by atoms with E-state index >= 15 is 0 Å². The fraction of sp³-hybridized carbons (Fsp3) is 0.200. The molecule has 18 heavy (non-hydrogen) atoms. The van der Waals surface area contributed by atoms with Gasteiger partial charge in [-0.2, -0.15) is 0 Å². The summed E-state index contributed by atoms with van der Waals surface area (Å²) in [5, 5.41) is 9.83. The first-order valence-electron chi connectivity index (χ1n) is 5.71. The van der Waals surface area contributed by atoms with Gasteiger partial charge in [0.15, 0.2) is 0 Å². The predicted octanol–water partition coefficient (Wildman–Crippen LogP) is 3.00. The van der Waals surface area contributed by atoms with Gasteiger partial charge in [0, 0.05) is 12.0 Å². The molecule has 3 nitrogen and oxygen atoms in total. The summed E-state index contributed by atoms with van der Waals surface area (Å²) in [5.74, 6) is 1.83. The smallest absolute Gasteiger partial charge is 0.119 e. The van der Waals surface area contributed by atoms with Crippen molar-refractivity contribution < 1.29 is 14.6 Å². The van der Waals surface area contributed by atoms with Gasteiger partial charge < -0.3 is 14.6 Å². The number of aromatic hydroxyl groups is 1. The maximum atomic E-state index is 9.83. The Morgan fingerprint density at radius 2 is 1.67 bits per heavy atom. The zero-order valence-electron chi connectivity index (χ0n) is 10.5. The standard InChI is InChI=1S/C15H16O3/c1-17-13-5-3-4-11(9-13)8-12-10-14(18-2)6-7-15(12)16/h3-7,9-10,16H,8H2,1-2H3. The predicted molar refractivity (Wildman–Crippen MR) is 70.5 cm³/mol. The molecule has 94 valence electrons. The lowest BCUT2D eigenvalue weighted by molar-refractivity contribution is 0.411. The number of methoxy groups -OCH3 is 2. The molecule has 0 spiro atoms. The van der Waals surface area contributed by atoms with E-state index in [9.17, 15) is 5.11 Å². The van der Waals surface area contributed by atoms with Gasteiger partial charge in [0.2, 0.25) is 0 Å². The molecule has 0 bridgehead atoms. The summed E-state index contributed by atoms with van der Waals surface area (Å²) < 4.78 is 10.3. The van der Waals surface area contributed by atoms with Gasteiger partial charge in [-0.25, -0.2) is 0 Å². The number of hydrogen-bond donors (Lipinski definition) is 1. The van der Waals surface area contributed by atoms with Crippen LogP contribution >= 0.6 is 0 Å². The Hall–Kier alpha value is -2.16. The normalized spacial score (nSPS) is 10.1. The molecule has 0 aliphatic heterocycles. The Bertz CT molecular complexity index is 535. The summed E-state index contributed by atoms with van der Waals surface area (Å²) in [6, 6.07) is 13.0. The zero-order chi connectivity index (χ0) is 13.0. The van der Waals surface area contributed by atoms with E-state index in [4.69, 9.17) is 9.47 Å². The van der Waals surface area contributed by atoms with E-state index < -0.39 is 0 Å². The van der Waals surface area contributed by atoms with Crippen molar-refractivity contribution in [2.24, 2.45) is 0 Å². The van der Waals surface area contributed by atoms with Gasteiger partial charge in [0.25, 0.3) is 0 Å². The van der Waals surface area contributed by atoms with E-state index in [1.54, 1.807) is 26.4 Å². The molecule has 0 heterocycles. The van der Waals surface area contributed by atoms with E-state index in [-0.39, 0.29) is 5.75 Å². The molecular weight excluding hydrogens is 228 g/mol. The van der Waals surface area contributed by atoms with E-state index in [1.165, 1.54) is 0 Å². The van der Waals surface area contributed by atoms with Crippen LogP contribution < -0.4 is 9.47 Å². The van der Waals surface area contributed by atoms with Crippen LogP contribution in [0.2, 0.25) is 0 Å². The van der Waals surface area contributed by atoms with Crippen LogP contribution in [-0.4, -0.2) is 19.3 Å². The summed E-state index contributed by atoms with van der Waals surface area (Å²) >= 11 is 0. The fourth-order valence-corrected chi connectivity index (χ4v) is 1.83. The van der Waals surface area contributed by atoms with Crippen molar-refractivity contribution in [3.05, 3.63) is 53.6 Å². The third kappa shape index (κ3) is 2.74. The number of ether oxygens (including phenoxy) is 2. The van der Waals surface area contributed by atoms with Crippen molar-refractivity contribution >= 4 is 0 Å². The monoisotopic (exact) mass is 244 g/mol. The molecule has 0 aliphatic carbocycles. The van der Waals surface area contributed by atoms with E-state index in [1.807, 2.05) is 30.3 Å². The summed E-state index contributed by atoms with van der Waals surface area (Å²) in [6.45, 7) is 0. The molecule has 0 radical (unpaired) electrons. The highest BCUT2D eigenvalue weighted by Crippen LogP contribution is 2.26. The van der Waals surface area contributed by atoms with Crippen molar-refractivity contribution in [2.45, 2.75) is 6.42 Å². The molecule has 0 unspecified atom stereocenters. The zero-order valence-corrected chi connectivity index (χ0v) is 10.5. The van der Waals surface area contributed by atoms with Gasteiger partial charge in [-0.05, 0) is 35.9 Å². The summed E-state index contributed by atoms with van der Waals surface area (Å²) in [6.07, 6.45) is 0.639. The fourth-order valence-electron chi connectivity index (χ4n) is 1.83. The lowest BCUT2D eigenvalue weighted by Crippen LogP contribution is -1.92. The van der Waals surface area contributed by atoms with Crippen LogP contribution in [0.25, 0.3) is 0 Å². The molecule has 2 aromatic carbocycles. The quantitative estimate of drug-likeness (QED) is 0.898. The summed E-state index contributed by atoms with van der Waals surface area (Å²) in [7, 11) is 3.25. The van der Waals surface area contributed by atoms with Gasteiger partial charge in [-0.3, -0.25) is 0 Å². The van der Waals surface area contributed by atoms with Crippen LogP contribution in [0.3, 0.4) is 0 Å². The lowest BCUT2D eigenvalue weighted by atomic mass is 10.0. The molecule has 0 aliphatic rings. The minimum Gasteiger partial charge on any atom is -0.508 e. The average molecular weight is 244 g/mol. The van der Waals surface area contributed by atoms with Crippen LogP contribution in [0, 0.1) is 0 Å². The minimum atomic E-state index is 0.276. The van der Waals surface area contributed by atoms with Crippen LogP contribution in [0.15, 0.2) is 42.5 Å². The first-order valence-corrected chi connectivity index (χ1v) is 5.71. The molecule has 0 aromatic heterocycles. The van der Waals surface area contributed by atoms with Gasteiger partial charge in [0.1, 0.15) is 17.2 Å². The molecule has 0 saturated heterocycles. The largest absolute Gasteiger partial charge is 0.508 e. The van der Waals surface area contributed by atoms with E-state index in [0.29, 0.717) is 6.42 Å². The highest BCUT2D eigenvalue weighted by atomic mass is 16.5. The maximum absolute atomic E-state index is 9.83. The first-order chi connectivity index (χ1) is 8.72. The van der Waals surface area contributed by atoms with Gasteiger partial charge in [0.05, 0.1) is 14.2 Å². The SMILES string of the molecule is COc1cccc(Cc2cc(OC)ccc2O)c1. The second kappa shape index (κ2) is 5.45. The Morgan fingerprint density at radius 1 is 0.944 bits per heavy atom. The van der Waals surface area contributed by atoms with Crippen molar-refractivity contribution in [1.29, 1.82) is 0 Å². The number of hydrogen-bond acceptors (Lipinski definition) is 3. The lowest BCUT2D eigenvalue weighted by Gasteiger charge is -2.08. The second-order valence-corrected chi connectivity index (χ2v) is 4.02. The van der Waals surface area contributed by atoms with Gasteiger partial charge in [-0.1, -0.05) is 12.1 Å². The van der Waals surface area contributed by atoms with Crippen LogP contribution in [-0.2, 0) is 6.42 Å². The highest BCUT2D eigenvalue weighted by Gasteiger charge is 2.05. The molecular formula is C15H16O3. The molecule has 2 aromatic rings. The second-order valence-electron chi connectivity index (χ2n) is 4.02. The maximum Gasteiger partial charge on any atom is 0.119 e. The molecule has 3 heteroatoms. The number of benzene rings is 2. The molecule has 0 amide bonds. The molecule has 1 N–H and O–H groups in total. The van der Waals surface area contributed by atoms with Gasteiger partial charge >= 0.3 is 0 Å². The highest BCUT2D eigenvalue weighted by molar-refractivity contribution is 5.43. The Kier molecular flexibility index (Phi) is 3.72. The van der Waals surface area contributed by atoms with Gasteiger partial charge in [-0.15, -0.1) is 0 Å². The number of phenolic OH excluding ortho intramolecular Hbond substituents is 1. The van der Waals surface area contributed by atoms with Crippen molar-refractivity contribution in [1.82, 2.24) is 0 Å². The average Bonchev–Trinajstić information content (AvgIpc) is 2.41. The van der Waals surface area contributed by atoms with Crippen molar-refractivity contribution in [2.75, 3.05) is 14.2 Å². The molecule has 0 atom stereocenters. The summed E-state index contributed by atoms with van der Waals surface area (Å²) in [5.41, 5.74) is 1.92. The number of rotatable bonds is 4. The Balaban J connectivity index is 2.27. The first kappa shape index (κ1) is 12.3. The van der Waals surface area contributed by atoms with Crippen molar-refractivity contribution in [3.63, 3.8) is 0 Å². The molecule has 2 rings (SSSR count). The third-order valence-electron chi connectivity index (χ3n) is 2.82. The van der Waals surface area contributed by atoms with E-state index in [2.05, 4.69) is 0 Å². The summed E-state index contributed by atoms with van der Waals surface area (Å²) in [4.78, 5) is 0. The van der Waals surface area contributed by atoms with Crippen molar-refractivity contribution in [3.8, 4) is 17.2 Å². The van der Waals surface area contributed by atoms with Crippen LogP contribution in [0.5, 0.6) is 17.2 Å². The molecule has 0 fully saturated rings. The van der Waals surface area contributed by atoms with Crippen LogP contribution in [0.4, 0.5) is 0 Å². The Morgan fingerprint density at radius 3 is 2.39 bits per heavy atom. The topological polar surface area (TPSA) is 38.7 Å².